The topological polar surface area (TPSA) is 59.3 Å². The van der Waals surface area contributed by atoms with Gasteiger partial charge in [-0.15, -0.1) is 0 Å². The normalized spacial score (nSPS) is 16.3. The zero-order chi connectivity index (χ0) is 31.0. The second-order valence-corrected chi connectivity index (χ2v) is 12.5. The molecule has 1 aliphatic carbocycles. The zero-order valence-corrected chi connectivity index (χ0v) is 27.0. The first-order valence-corrected chi connectivity index (χ1v) is 17.2. The fourth-order valence-electron chi connectivity index (χ4n) is 6.46. The third-order valence-corrected chi connectivity index (χ3v) is 9.18. The van der Waals surface area contributed by atoms with Crippen LogP contribution in [0.5, 0.6) is 11.5 Å². The van der Waals surface area contributed by atoms with E-state index in [4.69, 9.17) is 9.47 Å². The maximum absolute atomic E-state index is 13.0. The van der Waals surface area contributed by atoms with Gasteiger partial charge in [-0.05, 0) is 97.0 Å². The minimum absolute atomic E-state index is 0.398. The van der Waals surface area contributed by atoms with E-state index in [1.54, 1.807) is 6.07 Å². The van der Waals surface area contributed by atoms with Crippen molar-refractivity contribution in [1.29, 1.82) is 5.26 Å². The van der Waals surface area contributed by atoms with Crippen LogP contribution in [-0.4, -0.2) is 12.6 Å². The number of benzene rings is 3. The lowest BCUT2D eigenvalue weighted by molar-refractivity contribution is 0.0734. The highest BCUT2D eigenvalue weighted by Crippen LogP contribution is 2.39. The Balaban J connectivity index is 1.26. The molecule has 3 aromatic carbocycles. The van der Waals surface area contributed by atoms with Crippen LogP contribution in [0.15, 0.2) is 66.7 Å². The van der Waals surface area contributed by atoms with Crippen molar-refractivity contribution in [3.63, 3.8) is 0 Å². The van der Waals surface area contributed by atoms with Gasteiger partial charge in [-0.3, -0.25) is 0 Å². The predicted octanol–water partition coefficient (Wildman–Crippen LogP) is 11.4. The van der Waals surface area contributed by atoms with Gasteiger partial charge in [-0.25, -0.2) is 4.79 Å². The highest BCUT2D eigenvalue weighted by Gasteiger charge is 2.25. The molecule has 0 atom stereocenters. The number of hydrogen-bond acceptors (Lipinski definition) is 4. The lowest BCUT2D eigenvalue weighted by Gasteiger charge is -2.29. The molecule has 4 heteroatoms. The first kappa shape index (κ1) is 33.3. The van der Waals surface area contributed by atoms with Crippen LogP contribution in [0.25, 0.3) is 11.1 Å². The molecule has 0 saturated heterocycles. The highest BCUT2D eigenvalue weighted by atomic mass is 16.5. The molecule has 234 valence electrons. The summed E-state index contributed by atoms with van der Waals surface area (Å²) in [5, 5.41) is 9.91. The molecule has 1 saturated carbocycles. The molecule has 4 nitrogen and oxygen atoms in total. The summed E-state index contributed by atoms with van der Waals surface area (Å²) in [7, 11) is 0. The first-order valence-electron chi connectivity index (χ1n) is 17.2. The molecule has 0 heterocycles. The largest absolute Gasteiger partial charge is 0.494 e. The number of rotatable bonds is 17. The van der Waals surface area contributed by atoms with Crippen molar-refractivity contribution < 1.29 is 14.3 Å². The van der Waals surface area contributed by atoms with Crippen LogP contribution in [-0.2, 0) is 0 Å². The number of carbonyl (C=O) groups excluding carboxylic acids is 1. The number of hydrogen-bond donors (Lipinski definition) is 0. The molecule has 0 spiro atoms. The van der Waals surface area contributed by atoms with Gasteiger partial charge in [0.2, 0.25) is 0 Å². The SMILES string of the molecule is CCCCCCCOc1ccc(-c2ccc(OC(=O)c3ccc(C4CCC(CCCCCCC)CC4)c(C#N)c3)cc2)cc1. The van der Waals surface area contributed by atoms with Crippen molar-refractivity contribution in [2.75, 3.05) is 6.61 Å². The molecule has 0 amide bonds. The van der Waals surface area contributed by atoms with Crippen LogP contribution < -0.4 is 9.47 Å². The van der Waals surface area contributed by atoms with Crippen molar-refractivity contribution in [1.82, 2.24) is 0 Å². The zero-order valence-electron chi connectivity index (χ0n) is 27.0. The van der Waals surface area contributed by atoms with Crippen molar-refractivity contribution in [2.24, 2.45) is 5.92 Å². The number of unbranched alkanes of at least 4 members (excludes halogenated alkanes) is 8. The van der Waals surface area contributed by atoms with Crippen molar-refractivity contribution in [3.8, 4) is 28.7 Å². The van der Waals surface area contributed by atoms with E-state index in [0.717, 1.165) is 54.2 Å². The fourth-order valence-corrected chi connectivity index (χ4v) is 6.46. The quantitative estimate of drug-likeness (QED) is 0.0887. The van der Waals surface area contributed by atoms with Crippen LogP contribution in [0.2, 0.25) is 0 Å². The molecule has 0 bridgehead atoms. The predicted molar refractivity (Wildman–Crippen MR) is 180 cm³/mol. The van der Waals surface area contributed by atoms with E-state index in [1.165, 1.54) is 77.0 Å². The smallest absolute Gasteiger partial charge is 0.343 e. The standard InChI is InChI=1S/C40H51NO3/c1-3-5-7-9-11-13-31-14-16-34(17-15-31)39-27-22-35(29-36(39)30-41)40(42)44-38-25-20-33(21-26-38)32-18-23-37(24-19-32)43-28-12-10-8-6-4-2/h18-27,29,31,34H,3-17,28H2,1-2H3. The van der Waals surface area contributed by atoms with Crippen molar-refractivity contribution >= 4 is 5.97 Å². The molecule has 0 radical (unpaired) electrons. The van der Waals surface area contributed by atoms with Crippen LogP contribution >= 0.6 is 0 Å². The second kappa shape index (κ2) is 18.3. The Bertz CT molecular complexity index is 1310. The van der Waals surface area contributed by atoms with Crippen molar-refractivity contribution in [3.05, 3.63) is 83.4 Å². The molecule has 1 aliphatic rings. The summed E-state index contributed by atoms with van der Waals surface area (Å²) in [6.45, 7) is 5.24. The Labute approximate surface area is 265 Å². The summed E-state index contributed by atoms with van der Waals surface area (Å²) in [4.78, 5) is 13.0. The van der Waals surface area contributed by atoms with Gasteiger partial charge in [0, 0.05) is 0 Å². The van der Waals surface area contributed by atoms with E-state index < -0.39 is 5.97 Å². The summed E-state index contributed by atoms with van der Waals surface area (Å²) in [5.41, 5.74) is 4.21. The number of ether oxygens (including phenoxy) is 2. The first-order chi connectivity index (χ1) is 21.6. The Morgan fingerprint density at radius 3 is 1.93 bits per heavy atom. The Morgan fingerprint density at radius 2 is 1.32 bits per heavy atom. The average molecular weight is 594 g/mol. The molecular formula is C40H51NO3. The van der Waals surface area contributed by atoms with Gasteiger partial charge in [0.25, 0.3) is 0 Å². The maximum Gasteiger partial charge on any atom is 0.343 e. The minimum atomic E-state index is -0.441. The van der Waals surface area contributed by atoms with Gasteiger partial charge >= 0.3 is 5.97 Å². The van der Waals surface area contributed by atoms with Crippen LogP contribution in [0.1, 0.15) is 138 Å². The van der Waals surface area contributed by atoms with E-state index in [9.17, 15) is 10.1 Å². The van der Waals surface area contributed by atoms with Crippen LogP contribution in [0, 0.1) is 17.2 Å². The van der Waals surface area contributed by atoms with Gasteiger partial charge in [0.15, 0.2) is 0 Å². The Kier molecular flexibility index (Phi) is 13.8. The molecule has 44 heavy (non-hydrogen) atoms. The van der Waals surface area contributed by atoms with Crippen LogP contribution in [0.3, 0.4) is 0 Å². The van der Waals surface area contributed by atoms with Gasteiger partial charge < -0.3 is 9.47 Å². The monoisotopic (exact) mass is 593 g/mol. The van der Waals surface area contributed by atoms with E-state index in [1.807, 2.05) is 48.5 Å². The minimum Gasteiger partial charge on any atom is -0.494 e. The number of nitrogens with zero attached hydrogens (tertiary/aromatic N) is 1. The summed E-state index contributed by atoms with van der Waals surface area (Å²) in [6, 6.07) is 23.5. The average Bonchev–Trinajstić information content (AvgIpc) is 3.07. The lowest BCUT2D eigenvalue weighted by Crippen LogP contribution is -2.15. The lowest BCUT2D eigenvalue weighted by atomic mass is 9.76. The molecule has 1 fully saturated rings. The summed E-state index contributed by atoms with van der Waals surface area (Å²) in [5.74, 6) is 2.15. The van der Waals surface area contributed by atoms with Crippen LogP contribution in [0.4, 0.5) is 0 Å². The van der Waals surface area contributed by atoms with Gasteiger partial charge in [0.1, 0.15) is 11.5 Å². The molecule has 3 aromatic rings. The fraction of sp³-hybridized carbons (Fsp3) is 0.500. The molecule has 0 aliphatic heterocycles. The second-order valence-electron chi connectivity index (χ2n) is 12.5. The molecule has 0 N–H and O–H groups in total. The number of esters is 1. The van der Waals surface area contributed by atoms with Gasteiger partial charge in [-0.2, -0.15) is 5.26 Å². The maximum atomic E-state index is 13.0. The third-order valence-electron chi connectivity index (χ3n) is 9.18. The van der Waals surface area contributed by atoms with Crippen molar-refractivity contribution in [2.45, 2.75) is 116 Å². The molecule has 0 aromatic heterocycles. The molecular weight excluding hydrogens is 542 g/mol. The van der Waals surface area contributed by atoms with E-state index in [0.29, 0.717) is 22.8 Å². The number of carbonyl (C=O) groups is 1. The van der Waals surface area contributed by atoms with E-state index in [-0.39, 0.29) is 0 Å². The summed E-state index contributed by atoms with van der Waals surface area (Å²) >= 11 is 0. The molecule has 4 rings (SSSR count). The number of nitriles is 1. The van der Waals surface area contributed by atoms with E-state index in [2.05, 4.69) is 32.0 Å². The van der Waals surface area contributed by atoms with Gasteiger partial charge in [0.05, 0.1) is 23.8 Å². The van der Waals surface area contributed by atoms with E-state index >= 15 is 0 Å². The Hall–Kier alpha value is -3.58. The summed E-state index contributed by atoms with van der Waals surface area (Å²) in [6.07, 6.45) is 18.9. The molecule has 0 unspecified atom stereocenters. The Morgan fingerprint density at radius 1 is 0.727 bits per heavy atom. The highest BCUT2D eigenvalue weighted by molar-refractivity contribution is 5.91. The third kappa shape index (κ3) is 10.3. The summed E-state index contributed by atoms with van der Waals surface area (Å²) < 4.78 is 11.6. The van der Waals surface area contributed by atoms with Gasteiger partial charge in [-0.1, -0.05) is 108 Å².